The predicted molar refractivity (Wildman–Crippen MR) is 65.2 cm³/mol. The van der Waals surface area contributed by atoms with Crippen LogP contribution in [0.3, 0.4) is 0 Å². The normalized spacial score (nSPS) is 15.8. The largest absolute Gasteiger partial charge is 0.398 e. The Hall–Kier alpha value is -0.120. The Morgan fingerprint density at radius 2 is 1.47 bits per heavy atom. The molecule has 1 atom stereocenters. The van der Waals surface area contributed by atoms with Crippen molar-refractivity contribution < 1.29 is 13.2 Å². The van der Waals surface area contributed by atoms with Crippen LogP contribution in [0.25, 0.3) is 0 Å². The molecule has 1 unspecified atom stereocenters. The molecule has 0 radical (unpaired) electrons. The molecule has 0 aliphatic carbocycles. The molecule has 0 spiro atoms. The van der Waals surface area contributed by atoms with E-state index in [2.05, 4.69) is 0 Å². The maximum atomic E-state index is 13.0. The van der Waals surface area contributed by atoms with E-state index in [0.29, 0.717) is 0 Å². The second kappa shape index (κ2) is 4.87. The molecule has 0 bridgehead atoms. The number of hydrogen-bond acceptors (Lipinski definition) is 0. The third-order valence-corrected chi connectivity index (χ3v) is 4.15. The van der Waals surface area contributed by atoms with E-state index in [9.17, 15) is 13.2 Å². The summed E-state index contributed by atoms with van der Waals surface area (Å²) < 4.78 is 39.1. The molecule has 1 rings (SSSR count). The molecule has 0 aliphatic heterocycles. The van der Waals surface area contributed by atoms with Crippen LogP contribution >= 0.6 is 34.8 Å². The quantitative estimate of drug-likeness (QED) is 0.599. The van der Waals surface area contributed by atoms with E-state index in [1.165, 1.54) is 19.1 Å². The fourth-order valence-electron chi connectivity index (χ4n) is 1.44. The molecule has 0 aromatic heterocycles. The van der Waals surface area contributed by atoms with E-state index in [4.69, 9.17) is 34.8 Å². The van der Waals surface area contributed by atoms with Crippen molar-refractivity contribution >= 4 is 34.8 Å². The Morgan fingerprint density at radius 1 is 1.06 bits per heavy atom. The van der Waals surface area contributed by atoms with Gasteiger partial charge in [0, 0.05) is 0 Å². The maximum absolute atomic E-state index is 13.0. The van der Waals surface area contributed by atoms with Crippen LogP contribution in [0, 0.1) is 0 Å². The topological polar surface area (TPSA) is 0 Å². The van der Waals surface area contributed by atoms with Gasteiger partial charge in [0.15, 0.2) is 0 Å². The summed E-state index contributed by atoms with van der Waals surface area (Å²) >= 11 is 17.2. The van der Waals surface area contributed by atoms with E-state index in [-0.39, 0.29) is 27.1 Å². The SMILES string of the molecule is CCC(C)(c1cc(Cl)c(Cl)c(Cl)c1)C(F)(F)F. The molecule has 17 heavy (non-hydrogen) atoms. The Morgan fingerprint density at radius 3 is 1.76 bits per heavy atom. The summed E-state index contributed by atoms with van der Waals surface area (Å²) in [4.78, 5) is 0. The molecule has 0 nitrogen and oxygen atoms in total. The first-order chi connectivity index (χ1) is 7.63. The fraction of sp³-hybridized carbons (Fsp3) is 0.455. The van der Waals surface area contributed by atoms with E-state index in [1.54, 1.807) is 0 Å². The minimum Gasteiger partial charge on any atom is -0.170 e. The molecule has 0 amide bonds. The standard InChI is InChI=1S/C11H10Cl3F3/c1-3-10(2,11(15,16)17)6-4-7(12)9(14)8(13)5-6/h4-5H,3H2,1-2H3. The average molecular weight is 306 g/mol. The van der Waals surface area contributed by atoms with Crippen molar-refractivity contribution in [2.75, 3.05) is 0 Å². The number of benzene rings is 1. The van der Waals surface area contributed by atoms with Crippen molar-refractivity contribution in [3.05, 3.63) is 32.8 Å². The molecule has 1 aromatic carbocycles. The van der Waals surface area contributed by atoms with Gasteiger partial charge in [0.05, 0.1) is 20.5 Å². The maximum Gasteiger partial charge on any atom is 0.398 e. The minimum atomic E-state index is -4.37. The Balaban J connectivity index is 3.42. The first kappa shape index (κ1) is 14.9. The summed E-state index contributed by atoms with van der Waals surface area (Å²) in [5.74, 6) is 0. The third-order valence-electron chi connectivity index (χ3n) is 2.95. The molecule has 0 heterocycles. The fourth-order valence-corrected chi connectivity index (χ4v) is 2.04. The molecule has 96 valence electrons. The monoisotopic (exact) mass is 304 g/mol. The highest BCUT2D eigenvalue weighted by Gasteiger charge is 2.51. The lowest BCUT2D eigenvalue weighted by atomic mass is 9.79. The van der Waals surface area contributed by atoms with Crippen LogP contribution < -0.4 is 0 Å². The van der Waals surface area contributed by atoms with Crippen molar-refractivity contribution in [2.45, 2.75) is 31.9 Å². The van der Waals surface area contributed by atoms with Crippen molar-refractivity contribution in [2.24, 2.45) is 0 Å². The van der Waals surface area contributed by atoms with E-state index in [0.717, 1.165) is 6.92 Å². The number of hydrogen-bond donors (Lipinski definition) is 0. The van der Waals surface area contributed by atoms with Crippen LogP contribution in [-0.4, -0.2) is 6.18 Å². The van der Waals surface area contributed by atoms with Crippen LogP contribution in [-0.2, 0) is 5.41 Å². The zero-order valence-electron chi connectivity index (χ0n) is 9.13. The number of alkyl halides is 3. The molecular formula is C11H10Cl3F3. The predicted octanol–water partition coefficient (Wildman–Crippen LogP) is 5.88. The molecule has 0 fully saturated rings. The van der Waals surface area contributed by atoms with E-state index in [1.807, 2.05) is 0 Å². The summed E-state index contributed by atoms with van der Waals surface area (Å²) in [6, 6.07) is 2.43. The summed E-state index contributed by atoms with van der Waals surface area (Å²) in [6.07, 6.45) is -4.48. The molecule has 1 aromatic rings. The van der Waals surface area contributed by atoms with Crippen LogP contribution in [0.5, 0.6) is 0 Å². The van der Waals surface area contributed by atoms with Gasteiger partial charge in [-0.15, -0.1) is 0 Å². The van der Waals surface area contributed by atoms with Gasteiger partial charge in [0.2, 0.25) is 0 Å². The van der Waals surface area contributed by atoms with Crippen LogP contribution in [0.1, 0.15) is 25.8 Å². The Labute approximate surface area is 113 Å². The van der Waals surface area contributed by atoms with E-state index < -0.39 is 11.6 Å². The lowest BCUT2D eigenvalue weighted by Gasteiger charge is -2.31. The van der Waals surface area contributed by atoms with Gasteiger partial charge >= 0.3 is 6.18 Å². The Bertz CT molecular complexity index is 405. The molecule has 0 aliphatic rings. The lowest BCUT2D eigenvalue weighted by Crippen LogP contribution is -2.38. The first-order valence-electron chi connectivity index (χ1n) is 4.85. The first-order valence-corrected chi connectivity index (χ1v) is 5.98. The highest BCUT2D eigenvalue weighted by molar-refractivity contribution is 6.48. The average Bonchev–Trinajstić information content (AvgIpc) is 2.22. The molecular weight excluding hydrogens is 295 g/mol. The smallest absolute Gasteiger partial charge is 0.170 e. The van der Waals surface area contributed by atoms with Gasteiger partial charge < -0.3 is 0 Å². The zero-order chi connectivity index (χ0) is 13.4. The van der Waals surface area contributed by atoms with E-state index >= 15 is 0 Å². The zero-order valence-corrected chi connectivity index (χ0v) is 11.4. The summed E-state index contributed by atoms with van der Waals surface area (Å²) in [6.45, 7) is 2.58. The number of rotatable bonds is 2. The second-order valence-electron chi connectivity index (χ2n) is 3.94. The molecule has 0 N–H and O–H groups in total. The van der Waals surface area contributed by atoms with Gasteiger partial charge in [-0.25, -0.2) is 0 Å². The van der Waals surface area contributed by atoms with Gasteiger partial charge in [-0.3, -0.25) is 0 Å². The van der Waals surface area contributed by atoms with Crippen molar-refractivity contribution in [3.8, 4) is 0 Å². The van der Waals surface area contributed by atoms with Gasteiger partial charge in [-0.1, -0.05) is 41.7 Å². The van der Waals surface area contributed by atoms with Crippen molar-refractivity contribution in [1.29, 1.82) is 0 Å². The van der Waals surface area contributed by atoms with Gasteiger partial charge in [-0.05, 0) is 31.0 Å². The van der Waals surface area contributed by atoms with Crippen LogP contribution in [0.4, 0.5) is 13.2 Å². The van der Waals surface area contributed by atoms with Crippen molar-refractivity contribution in [3.63, 3.8) is 0 Å². The second-order valence-corrected chi connectivity index (χ2v) is 5.13. The summed E-state index contributed by atoms with van der Waals surface area (Å²) in [5.41, 5.74) is -1.96. The minimum absolute atomic E-state index is 0.0203. The van der Waals surface area contributed by atoms with Gasteiger partial charge in [0.25, 0.3) is 0 Å². The van der Waals surface area contributed by atoms with Crippen LogP contribution in [0.2, 0.25) is 15.1 Å². The van der Waals surface area contributed by atoms with Gasteiger partial charge in [0.1, 0.15) is 0 Å². The lowest BCUT2D eigenvalue weighted by molar-refractivity contribution is -0.186. The molecule has 0 saturated heterocycles. The van der Waals surface area contributed by atoms with Crippen molar-refractivity contribution in [1.82, 2.24) is 0 Å². The number of halogens is 6. The highest BCUT2D eigenvalue weighted by Crippen LogP contribution is 2.46. The summed E-state index contributed by atoms with van der Waals surface area (Å²) in [5, 5.41) is 0.119. The summed E-state index contributed by atoms with van der Waals surface area (Å²) in [7, 11) is 0. The Kier molecular flexibility index (Phi) is 4.28. The van der Waals surface area contributed by atoms with Crippen LogP contribution in [0.15, 0.2) is 12.1 Å². The van der Waals surface area contributed by atoms with Gasteiger partial charge in [-0.2, -0.15) is 13.2 Å². The highest BCUT2D eigenvalue weighted by atomic mass is 35.5. The third kappa shape index (κ3) is 2.67. The molecule has 6 heteroatoms. The molecule has 0 saturated carbocycles.